The van der Waals surface area contributed by atoms with Crippen molar-refractivity contribution in [3.05, 3.63) is 194 Å². The zero-order chi connectivity index (χ0) is 34.2. The summed E-state index contributed by atoms with van der Waals surface area (Å²) < 4.78 is 2.41. The number of hydrogen-bond donors (Lipinski definition) is 0. The highest BCUT2D eigenvalue weighted by Crippen LogP contribution is 2.45. The average molecular weight is 661 g/mol. The van der Waals surface area contributed by atoms with Crippen molar-refractivity contribution in [2.24, 2.45) is 0 Å². The first kappa shape index (κ1) is 28.9. The fourth-order valence-electron chi connectivity index (χ4n) is 8.54. The molecular formula is C50H32N2. The maximum Gasteiger partial charge on any atom is 0.0547 e. The molecule has 10 aromatic carbocycles. The van der Waals surface area contributed by atoms with Crippen molar-refractivity contribution in [1.82, 2.24) is 4.57 Å². The van der Waals surface area contributed by atoms with Crippen LogP contribution < -0.4 is 4.90 Å². The van der Waals surface area contributed by atoms with E-state index in [1.807, 2.05) is 0 Å². The zero-order valence-corrected chi connectivity index (χ0v) is 28.4. The summed E-state index contributed by atoms with van der Waals surface area (Å²) in [4.78, 5) is 2.43. The van der Waals surface area contributed by atoms with Crippen LogP contribution in [0, 0.1) is 0 Å². The van der Waals surface area contributed by atoms with Crippen molar-refractivity contribution in [2.45, 2.75) is 0 Å². The van der Waals surface area contributed by atoms with Gasteiger partial charge in [-0.15, -0.1) is 0 Å². The number of benzene rings is 10. The second kappa shape index (κ2) is 11.3. The van der Waals surface area contributed by atoms with Gasteiger partial charge in [0.2, 0.25) is 0 Å². The van der Waals surface area contributed by atoms with E-state index in [-0.39, 0.29) is 0 Å². The van der Waals surface area contributed by atoms with E-state index in [0.29, 0.717) is 0 Å². The van der Waals surface area contributed by atoms with Crippen LogP contribution in [-0.4, -0.2) is 4.57 Å². The molecule has 0 bridgehead atoms. The van der Waals surface area contributed by atoms with E-state index in [4.69, 9.17) is 0 Å². The van der Waals surface area contributed by atoms with Gasteiger partial charge in [0, 0.05) is 33.2 Å². The van der Waals surface area contributed by atoms with Gasteiger partial charge in [0.05, 0.1) is 16.7 Å². The number of hydrogen-bond acceptors (Lipinski definition) is 1. The van der Waals surface area contributed by atoms with Crippen LogP contribution >= 0.6 is 0 Å². The van der Waals surface area contributed by atoms with E-state index in [1.54, 1.807) is 0 Å². The molecule has 0 unspecified atom stereocenters. The molecule has 0 radical (unpaired) electrons. The summed E-state index contributed by atoms with van der Waals surface area (Å²) in [5.74, 6) is 0. The molecule has 1 aromatic heterocycles. The molecule has 0 aliphatic heterocycles. The van der Waals surface area contributed by atoms with Crippen molar-refractivity contribution in [1.29, 1.82) is 0 Å². The predicted molar refractivity (Wildman–Crippen MR) is 223 cm³/mol. The minimum Gasteiger partial charge on any atom is -0.310 e. The Balaban J connectivity index is 1.22. The van der Waals surface area contributed by atoms with Crippen molar-refractivity contribution < 1.29 is 0 Å². The molecule has 0 N–H and O–H groups in total. The number of rotatable bonds is 4. The Bertz CT molecular complexity index is 3180. The Morgan fingerprint density at radius 1 is 0.288 bits per heavy atom. The molecule has 2 nitrogen and oxygen atoms in total. The van der Waals surface area contributed by atoms with Gasteiger partial charge < -0.3 is 9.47 Å². The topological polar surface area (TPSA) is 8.17 Å². The normalized spacial score (nSPS) is 11.8. The summed E-state index contributed by atoms with van der Waals surface area (Å²) in [6, 6.07) is 71.1. The van der Waals surface area contributed by atoms with Gasteiger partial charge in [-0.2, -0.15) is 0 Å². The summed E-state index contributed by atoms with van der Waals surface area (Å²) in [5.41, 5.74) is 7.04. The van der Waals surface area contributed by atoms with Gasteiger partial charge in [-0.1, -0.05) is 133 Å². The smallest absolute Gasteiger partial charge is 0.0547 e. The van der Waals surface area contributed by atoms with Gasteiger partial charge in [0.1, 0.15) is 0 Å². The lowest BCUT2D eigenvalue weighted by Crippen LogP contribution is -2.10. The van der Waals surface area contributed by atoms with E-state index in [2.05, 4.69) is 204 Å². The lowest BCUT2D eigenvalue weighted by atomic mass is 9.92. The largest absolute Gasteiger partial charge is 0.310 e. The van der Waals surface area contributed by atoms with Crippen molar-refractivity contribution in [2.75, 3.05) is 4.90 Å². The number of para-hydroxylation sites is 2. The molecule has 1 heterocycles. The van der Waals surface area contributed by atoms with E-state index < -0.39 is 0 Å². The molecule has 0 aliphatic rings. The lowest BCUT2D eigenvalue weighted by Gasteiger charge is -2.28. The van der Waals surface area contributed by atoms with E-state index >= 15 is 0 Å². The van der Waals surface area contributed by atoms with Crippen molar-refractivity contribution in [3.8, 4) is 5.69 Å². The summed E-state index contributed by atoms with van der Waals surface area (Å²) in [7, 11) is 0. The third-order valence-corrected chi connectivity index (χ3v) is 10.9. The molecule has 0 saturated heterocycles. The Labute approximate surface area is 301 Å². The molecule has 0 aliphatic carbocycles. The number of nitrogens with zero attached hydrogens (tertiary/aromatic N) is 2. The molecule has 0 spiro atoms. The molecular weight excluding hydrogens is 629 g/mol. The van der Waals surface area contributed by atoms with Crippen LogP contribution in [0.4, 0.5) is 17.1 Å². The summed E-state index contributed by atoms with van der Waals surface area (Å²) in [5, 5.41) is 15.0. The van der Waals surface area contributed by atoms with Crippen LogP contribution in [0.3, 0.4) is 0 Å². The second-order valence-corrected chi connectivity index (χ2v) is 13.7. The summed E-state index contributed by atoms with van der Waals surface area (Å²) in [6.07, 6.45) is 0. The molecule has 2 heteroatoms. The predicted octanol–water partition coefficient (Wildman–Crippen LogP) is 14.0. The first-order valence-corrected chi connectivity index (χ1v) is 17.9. The molecule has 11 aromatic rings. The lowest BCUT2D eigenvalue weighted by molar-refractivity contribution is 1.18. The fourth-order valence-corrected chi connectivity index (χ4v) is 8.54. The standard InChI is InChI=1S/C50H32N2/c1-2-17-36(18-3-1)52-49-23-11-10-22-43(49)47-31-45-42-28-27-38(30-44(42)40-20-8-9-21-41(40)46(45)32-50(47)52)51(37-26-25-33-13-4-5-15-35(33)29-37)48-24-12-16-34-14-6-7-19-39(34)48/h1-32H. The molecule has 11 rings (SSSR count). The SMILES string of the molecule is c1ccc(-n2c3ccccc3c3cc4c5ccc(N(c6ccc7ccccc7c6)c6cccc7ccccc67)cc5c5ccccc5c4cc32)cc1. The van der Waals surface area contributed by atoms with Crippen LogP contribution in [0.1, 0.15) is 0 Å². The quantitative estimate of drug-likeness (QED) is 0.171. The monoisotopic (exact) mass is 660 g/mol. The molecule has 242 valence electrons. The van der Waals surface area contributed by atoms with Gasteiger partial charge in [-0.05, 0) is 109 Å². The Morgan fingerprint density at radius 2 is 0.865 bits per heavy atom. The zero-order valence-electron chi connectivity index (χ0n) is 28.4. The maximum absolute atomic E-state index is 2.44. The number of anilines is 3. The minimum atomic E-state index is 1.13. The second-order valence-electron chi connectivity index (χ2n) is 13.7. The summed E-state index contributed by atoms with van der Waals surface area (Å²) in [6.45, 7) is 0. The maximum atomic E-state index is 2.44. The number of aromatic nitrogens is 1. The van der Waals surface area contributed by atoms with Gasteiger partial charge in [0.25, 0.3) is 0 Å². The molecule has 0 amide bonds. The Hall–Kier alpha value is -6.90. The van der Waals surface area contributed by atoms with Crippen LogP contribution in [0.25, 0.3) is 81.4 Å². The minimum absolute atomic E-state index is 1.13. The summed E-state index contributed by atoms with van der Waals surface area (Å²) >= 11 is 0. The highest BCUT2D eigenvalue weighted by Gasteiger charge is 2.20. The third-order valence-electron chi connectivity index (χ3n) is 10.9. The molecule has 0 atom stereocenters. The van der Waals surface area contributed by atoms with Gasteiger partial charge >= 0.3 is 0 Å². The first-order valence-electron chi connectivity index (χ1n) is 17.9. The highest BCUT2D eigenvalue weighted by molar-refractivity contribution is 6.29. The average Bonchev–Trinajstić information content (AvgIpc) is 3.54. The van der Waals surface area contributed by atoms with Gasteiger partial charge in [-0.25, -0.2) is 0 Å². The first-order chi connectivity index (χ1) is 25.8. The highest BCUT2D eigenvalue weighted by atomic mass is 15.1. The van der Waals surface area contributed by atoms with Crippen molar-refractivity contribution in [3.63, 3.8) is 0 Å². The number of fused-ring (bicyclic) bond motifs is 11. The van der Waals surface area contributed by atoms with E-state index in [1.165, 1.54) is 81.4 Å². The van der Waals surface area contributed by atoms with Crippen molar-refractivity contribution >= 4 is 92.7 Å². The fraction of sp³-hybridized carbons (Fsp3) is 0. The Kier molecular flexibility index (Phi) is 6.28. The Morgan fingerprint density at radius 3 is 1.69 bits per heavy atom. The van der Waals surface area contributed by atoms with E-state index in [0.717, 1.165) is 17.1 Å². The van der Waals surface area contributed by atoms with Crippen LogP contribution in [0.5, 0.6) is 0 Å². The van der Waals surface area contributed by atoms with Crippen LogP contribution in [0.15, 0.2) is 194 Å². The van der Waals surface area contributed by atoms with Gasteiger partial charge in [0.15, 0.2) is 0 Å². The molecule has 52 heavy (non-hydrogen) atoms. The van der Waals surface area contributed by atoms with Gasteiger partial charge in [-0.3, -0.25) is 0 Å². The van der Waals surface area contributed by atoms with Crippen LogP contribution in [-0.2, 0) is 0 Å². The van der Waals surface area contributed by atoms with Crippen LogP contribution in [0.2, 0.25) is 0 Å². The molecule has 0 saturated carbocycles. The molecule has 0 fully saturated rings. The third kappa shape index (κ3) is 4.31. The van der Waals surface area contributed by atoms with E-state index in [9.17, 15) is 0 Å².